The van der Waals surface area contributed by atoms with Gasteiger partial charge in [0.1, 0.15) is 0 Å². The van der Waals surface area contributed by atoms with E-state index in [0.717, 1.165) is 122 Å². The summed E-state index contributed by atoms with van der Waals surface area (Å²) in [5.74, 6) is 0. The molecule has 0 aliphatic carbocycles. The molecule has 654 valence electrons. The van der Waals surface area contributed by atoms with Crippen LogP contribution >= 0.6 is 0 Å². The molecule has 0 fully saturated rings. The molecule has 0 amide bonds. The van der Waals surface area contributed by atoms with E-state index >= 15 is 0 Å². The molecule has 0 atom stereocenters. The van der Waals surface area contributed by atoms with Gasteiger partial charge in [-0.05, 0) is 220 Å². The first-order chi connectivity index (χ1) is 57.4. The second kappa shape index (κ2) is 45.0. The van der Waals surface area contributed by atoms with Crippen molar-refractivity contribution in [1.82, 2.24) is 26.4 Å². The Morgan fingerprint density at radius 3 is 1.15 bits per heavy atom. The molecule has 6 aromatic carbocycles. The summed E-state index contributed by atoms with van der Waals surface area (Å²) in [5, 5.41) is 0. The molecule has 0 saturated heterocycles. The van der Waals surface area contributed by atoms with Gasteiger partial charge >= 0.3 is 0 Å². The molecular formula is C108H96Ir6N6O6-6. The van der Waals surface area contributed by atoms with E-state index in [1.807, 2.05) is 198 Å². The van der Waals surface area contributed by atoms with Crippen LogP contribution < -0.4 is 33.4 Å². The van der Waals surface area contributed by atoms with Crippen LogP contribution in [-0.2, 0) is 131 Å². The zero-order chi connectivity index (χ0) is 85.4. The van der Waals surface area contributed by atoms with Crippen molar-refractivity contribution in [1.29, 1.82) is 0 Å². The molecule has 12 nitrogen and oxygen atoms in total. The van der Waals surface area contributed by atoms with E-state index in [1.54, 1.807) is 64.5 Å². The summed E-state index contributed by atoms with van der Waals surface area (Å²) >= 11 is 0. The molecule has 0 unspecified atom stereocenters. The van der Waals surface area contributed by atoms with Crippen molar-refractivity contribution in [3.05, 3.63) is 457 Å². The van der Waals surface area contributed by atoms with Gasteiger partial charge in [-0.1, -0.05) is 288 Å². The van der Waals surface area contributed by atoms with Crippen molar-refractivity contribution in [3.8, 4) is 66.8 Å². The average Bonchev–Trinajstić information content (AvgIpc) is 0.761. The van der Waals surface area contributed by atoms with Crippen LogP contribution in [0.3, 0.4) is 0 Å². The number of pyridine rings is 12. The Kier molecular flexibility index (Phi) is 36.7. The molecular weight excluding hydrogens is 2630 g/mol. The topological polar surface area (TPSA) is 129 Å². The number of hydrogen-bond acceptors (Lipinski definition) is 6. The maximum Gasteiger partial charge on any atom is 0.178 e. The Morgan fingerprint density at radius 2 is 0.627 bits per heavy atom. The van der Waals surface area contributed by atoms with Gasteiger partial charge in [0.2, 0.25) is 0 Å². The predicted molar refractivity (Wildman–Crippen MR) is 492 cm³/mol. The van der Waals surface area contributed by atoms with Crippen molar-refractivity contribution in [3.63, 3.8) is 0 Å². The van der Waals surface area contributed by atoms with Crippen LogP contribution in [0, 0.1) is 106 Å². The molecule has 18 aromatic rings. The first-order valence-electron chi connectivity index (χ1n) is 40.1. The molecule has 6 radical (unpaired) electrons. The van der Waals surface area contributed by atoms with Gasteiger partial charge < -0.3 is 55.2 Å². The van der Waals surface area contributed by atoms with E-state index in [9.17, 15) is 28.8 Å². The minimum Gasteiger partial charge on any atom is -0.405 e. The van der Waals surface area contributed by atoms with E-state index in [0.29, 0.717) is 0 Å². The molecule has 18 rings (SSSR count). The summed E-state index contributed by atoms with van der Waals surface area (Å²) in [6, 6.07) is 94.0. The van der Waals surface area contributed by atoms with Crippen LogP contribution in [-0.4, -0.2) is 26.4 Å². The van der Waals surface area contributed by atoms with Gasteiger partial charge in [-0.3, -0.25) is 0 Å². The Balaban J connectivity index is 0.000000206. The minimum atomic E-state index is -0.0677. The van der Waals surface area contributed by atoms with Crippen molar-refractivity contribution in [2.24, 2.45) is 0 Å². The smallest absolute Gasteiger partial charge is 0.178 e. The van der Waals surface area contributed by atoms with Gasteiger partial charge in [0, 0.05) is 132 Å². The van der Waals surface area contributed by atoms with Crippen molar-refractivity contribution >= 4 is 33.1 Å². The molecule has 0 aliphatic rings. The Hall–Kier alpha value is -10.2. The summed E-state index contributed by atoms with van der Waals surface area (Å²) in [5.41, 5.74) is 30.7. The zero-order valence-corrected chi connectivity index (χ0v) is 87.2. The third-order valence-corrected chi connectivity index (χ3v) is 21.7. The maximum absolute atomic E-state index is 12.6. The Labute approximate surface area is 817 Å². The quantitative estimate of drug-likeness (QED) is 0.153. The molecule has 0 aliphatic heterocycles. The number of fused-ring (bicyclic) bond motifs is 6. The predicted octanol–water partition coefficient (Wildman–Crippen LogP) is 22.3. The van der Waals surface area contributed by atoms with Crippen LogP contribution in [0.2, 0.25) is 0 Å². The SMILES string of the molecule is CC(C)(C)c1cc(=O)n2[c-]cc(-c3ccccc3)cc2c1.Cc1cc2ccc[c-]n2c(=O)c1-c1ccccc1.Cc1cccc(C)c1-c1cc(=O)n2[c-]cccc2c1.Cc1cccc(C)c1-c1cc(C)c(=O)n2[c-]cccc12.Cc1cccc(C)c1-c1cc[c-]n2c(=O)cc(C(C)(C)C)cc12.Cc1cccc(C)c1-c1ccc2ccc[c-]n2c1=O.[Ir].[Ir].[Ir].[Ir].[Ir].[Ir]. The number of nitrogens with zero attached hydrogens (tertiary/aromatic N) is 6. The molecule has 126 heavy (non-hydrogen) atoms. The summed E-state index contributed by atoms with van der Waals surface area (Å²) in [6.45, 7) is 33.2. The summed E-state index contributed by atoms with van der Waals surface area (Å²) in [7, 11) is 0. The van der Waals surface area contributed by atoms with Crippen molar-refractivity contribution in [2.45, 2.75) is 122 Å². The standard InChI is InChI=1S/C21H22NO.C19H18NO.C18H16NO.2C17H14NO.C16H12NO.6Ir/c1-14-8-6-9-15(2)20(14)17-10-7-11-22-18(17)12-16(13-19(22)23)21(3,4)5;1-19(2,3)16-12-17-11-15(14-7-5-4-6-8-14)9-10-20(17)18(21)13-16;1-12-7-6-8-13(2)17(12)15-11-14(3)18(20)19-10-5-4-9-16(15)19;1-12-6-5-7-13(2)16(12)15-10-9-14-8-3-4-11-18(14)17(15)19;1-12-6-5-7-13(2)17(12)14-10-15-8-3-4-9-18(15)16(19)11-14;1-12-11-14-9-5-6-10-17(14)16(18)15(12)13-7-3-2-4-8-13;;;;;;/h6-10,12-13H,1-5H3;4-9,11-13H,1-3H3;4-9,11H,1-3H3;3-10H,1-2H3;3-8,10-11H,1-2H3;2-9,11H,1H3;;;;;;/q6*-1;;;;;;. The van der Waals surface area contributed by atoms with Crippen LogP contribution in [0.25, 0.3) is 99.9 Å². The molecule has 0 N–H and O–H groups in total. The van der Waals surface area contributed by atoms with Gasteiger partial charge in [0.25, 0.3) is 0 Å². The fourth-order valence-corrected chi connectivity index (χ4v) is 15.5. The third-order valence-electron chi connectivity index (χ3n) is 21.7. The molecule has 18 heteroatoms. The summed E-state index contributed by atoms with van der Waals surface area (Å²) in [4.78, 5) is 74.1. The van der Waals surface area contributed by atoms with Gasteiger partial charge in [-0.25, -0.2) is 0 Å². The van der Waals surface area contributed by atoms with Crippen LogP contribution in [0.15, 0.2) is 320 Å². The van der Waals surface area contributed by atoms with Gasteiger partial charge in [-0.15, -0.1) is 97.1 Å². The Morgan fingerprint density at radius 1 is 0.222 bits per heavy atom. The van der Waals surface area contributed by atoms with E-state index in [4.69, 9.17) is 0 Å². The number of aryl methyl sites for hydroxylation is 10. The van der Waals surface area contributed by atoms with Crippen LogP contribution in [0.1, 0.15) is 108 Å². The average molecular weight is 2730 g/mol. The summed E-state index contributed by atoms with van der Waals surface area (Å²) < 4.78 is 9.47. The van der Waals surface area contributed by atoms with Crippen LogP contribution in [0.5, 0.6) is 0 Å². The zero-order valence-electron chi connectivity index (χ0n) is 72.8. The second-order valence-corrected chi connectivity index (χ2v) is 32.5. The molecule has 12 aromatic heterocycles. The van der Waals surface area contributed by atoms with Gasteiger partial charge in [-0.2, -0.15) is 0 Å². The normalized spacial score (nSPS) is 10.7. The fraction of sp³-hybridized carbons (Fsp3) is 0.167. The maximum atomic E-state index is 12.6. The fourth-order valence-electron chi connectivity index (χ4n) is 15.5. The van der Waals surface area contributed by atoms with E-state index in [2.05, 4.69) is 199 Å². The van der Waals surface area contributed by atoms with Crippen molar-refractivity contribution < 1.29 is 121 Å². The minimum absolute atomic E-state index is 0. The van der Waals surface area contributed by atoms with Crippen LogP contribution in [0.4, 0.5) is 0 Å². The number of aromatic nitrogens is 6. The van der Waals surface area contributed by atoms with Gasteiger partial charge in [0.15, 0.2) is 33.4 Å². The number of hydrogen-bond donors (Lipinski definition) is 0. The second-order valence-electron chi connectivity index (χ2n) is 32.5. The summed E-state index contributed by atoms with van der Waals surface area (Å²) in [6.07, 6.45) is 18.0. The van der Waals surface area contributed by atoms with Gasteiger partial charge in [0.05, 0.1) is 0 Å². The third kappa shape index (κ3) is 23.2. The first-order valence-corrected chi connectivity index (χ1v) is 40.1. The van der Waals surface area contributed by atoms with E-state index in [-0.39, 0.29) is 165 Å². The number of benzene rings is 6. The molecule has 0 spiro atoms. The van der Waals surface area contributed by atoms with Crippen molar-refractivity contribution in [2.75, 3.05) is 0 Å². The number of rotatable bonds is 6. The Bertz CT molecular complexity index is 7220. The van der Waals surface area contributed by atoms with E-state index in [1.165, 1.54) is 48.9 Å². The molecule has 12 heterocycles. The van der Waals surface area contributed by atoms with E-state index < -0.39 is 0 Å². The first kappa shape index (κ1) is 103. The largest absolute Gasteiger partial charge is 0.405 e. The molecule has 0 saturated carbocycles. The molecule has 0 bridgehead atoms. The monoisotopic (exact) mass is 2730 g/mol.